The fraction of sp³-hybridized carbons (Fsp3) is 0.583. The molecule has 1 aliphatic carbocycles. The van der Waals surface area contributed by atoms with Gasteiger partial charge in [-0.1, -0.05) is 0 Å². The molecule has 3 nitrogen and oxygen atoms in total. The summed E-state index contributed by atoms with van der Waals surface area (Å²) in [6.07, 6.45) is -0.955. The van der Waals surface area contributed by atoms with Crippen molar-refractivity contribution in [3.8, 4) is 0 Å². The van der Waals surface area contributed by atoms with Gasteiger partial charge in [-0.25, -0.2) is 4.98 Å². The lowest BCUT2D eigenvalue weighted by Crippen LogP contribution is -2.41. The molecule has 6 heteroatoms. The Kier molecular flexibility index (Phi) is 3.47. The first-order valence-electron chi connectivity index (χ1n) is 5.90. The molecule has 2 N–H and O–H groups in total. The number of pyridine rings is 1. The minimum Gasteiger partial charge on any atom is -0.355 e. The molecule has 0 amide bonds. The molecule has 0 spiro atoms. The molecular formula is C12H16F3N3. The molecule has 1 aromatic rings. The summed E-state index contributed by atoms with van der Waals surface area (Å²) in [6, 6.07) is 2.29. The summed E-state index contributed by atoms with van der Waals surface area (Å²) in [7, 11) is 1.63. The summed E-state index contributed by atoms with van der Waals surface area (Å²) in [5.41, 5.74) is 4.96. The second-order valence-corrected chi connectivity index (χ2v) is 4.62. The van der Waals surface area contributed by atoms with Crippen LogP contribution in [0, 0.1) is 5.92 Å². The molecule has 0 radical (unpaired) electrons. The Morgan fingerprint density at radius 1 is 1.50 bits per heavy atom. The molecular weight excluding hydrogens is 243 g/mol. The van der Waals surface area contributed by atoms with Crippen LogP contribution in [0.2, 0.25) is 0 Å². The van der Waals surface area contributed by atoms with E-state index in [4.69, 9.17) is 5.73 Å². The number of halogens is 3. The van der Waals surface area contributed by atoms with Crippen molar-refractivity contribution in [3.63, 3.8) is 0 Å². The molecule has 1 aliphatic rings. The third-order valence-electron chi connectivity index (χ3n) is 3.33. The second kappa shape index (κ2) is 4.76. The average Bonchev–Trinajstić information content (AvgIpc) is 3.13. The van der Waals surface area contributed by atoms with Gasteiger partial charge in [0.05, 0.1) is 5.56 Å². The summed E-state index contributed by atoms with van der Waals surface area (Å²) < 4.78 is 38.7. The van der Waals surface area contributed by atoms with Gasteiger partial charge in [0.1, 0.15) is 5.82 Å². The summed E-state index contributed by atoms with van der Waals surface area (Å²) in [6.45, 7) is 0.342. The lowest BCUT2D eigenvalue weighted by atomic mass is 10.1. The fourth-order valence-electron chi connectivity index (χ4n) is 2.20. The van der Waals surface area contributed by atoms with Gasteiger partial charge in [0.25, 0.3) is 0 Å². The largest absolute Gasteiger partial charge is 0.419 e. The van der Waals surface area contributed by atoms with E-state index in [0.29, 0.717) is 12.5 Å². The smallest absolute Gasteiger partial charge is 0.355 e. The minimum absolute atomic E-state index is 0.0349. The first-order valence-corrected chi connectivity index (χ1v) is 5.90. The van der Waals surface area contributed by atoms with Crippen molar-refractivity contribution in [1.82, 2.24) is 4.98 Å². The van der Waals surface area contributed by atoms with Crippen LogP contribution >= 0.6 is 0 Å². The Morgan fingerprint density at radius 3 is 2.67 bits per heavy atom. The molecule has 1 aromatic heterocycles. The molecule has 1 fully saturated rings. The molecule has 18 heavy (non-hydrogen) atoms. The van der Waals surface area contributed by atoms with Crippen LogP contribution < -0.4 is 10.6 Å². The van der Waals surface area contributed by atoms with Crippen LogP contribution in [0.15, 0.2) is 18.3 Å². The third-order valence-corrected chi connectivity index (χ3v) is 3.33. The summed E-state index contributed by atoms with van der Waals surface area (Å²) in [5, 5.41) is 0. The van der Waals surface area contributed by atoms with Crippen LogP contribution in [0.4, 0.5) is 19.0 Å². The van der Waals surface area contributed by atoms with E-state index in [1.54, 1.807) is 11.9 Å². The predicted octanol–water partition coefficient (Wildman–Crippen LogP) is 2.27. The third kappa shape index (κ3) is 2.58. The monoisotopic (exact) mass is 259 g/mol. The predicted molar refractivity (Wildman–Crippen MR) is 63.2 cm³/mol. The molecule has 0 aliphatic heterocycles. The molecule has 1 saturated carbocycles. The van der Waals surface area contributed by atoms with Crippen LogP contribution in [0.1, 0.15) is 18.4 Å². The number of hydrogen-bond acceptors (Lipinski definition) is 3. The highest BCUT2D eigenvalue weighted by Crippen LogP contribution is 2.39. The fourth-order valence-corrected chi connectivity index (χ4v) is 2.20. The van der Waals surface area contributed by atoms with Crippen LogP contribution in [-0.2, 0) is 6.18 Å². The van der Waals surface area contributed by atoms with Gasteiger partial charge in [-0.05, 0) is 30.9 Å². The summed E-state index contributed by atoms with van der Waals surface area (Å²) in [5.74, 6) is 0.357. The highest BCUT2D eigenvalue weighted by molar-refractivity contribution is 5.49. The van der Waals surface area contributed by atoms with E-state index in [1.807, 2.05) is 0 Å². The van der Waals surface area contributed by atoms with Gasteiger partial charge in [0.15, 0.2) is 0 Å². The zero-order valence-corrected chi connectivity index (χ0v) is 10.1. The van der Waals surface area contributed by atoms with Gasteiger partial charge in [-0.3, -0.25) is 0 Å². The van der Waals surface area contributed by atoms with Gasteiger partial charge >= 0.3 is 6.18 Å². The molecule has 0 saturated heterocycles. The Bertz CT molecular complexity index is 415. The van der Waals surface area contributed by atoms with Crippen molar-refractivity contribution in [2.24, 2.45) is 11.7 Å². The molecule has 100 valence electrons. The van der Waals surface area contributed by atoms with E-state index >= 15 is 0 Å². The van der Waals surface area contributed by atoms with Crippen molar-refractivity contribution in [2.45, 2.75) is 25.1 Å². The maximum Gasteiger partial charge on any atom is 0.419 e. The van der Waals surface area contributed by atoms with Crippen LogP contribution in [-0.4, -0.2) is 24.6 Å². The second-order valence-electron chi connectivity index (χ2n) is 4.62. The SMILES string of the molecule is CN(c1ncccc1C(F)(F)F)C(CN)C1CC1. The van der Waals surface area contributed by atoms with E-state index in [1.165, 1.54) is 12.3 Å². The number of hydrogen-bond donors (Lipinski definition) is 1. The summed E-state index contributed by atoms with van der Waals surface area (Å²) in [4.78, 5) is 5.44. The Hall–Kier alpha value is -1.30. The van der Waals surface area contributed by atoms with E-state index < -0.39 is 11.7 Å². The van der Waals surface area contributed by atoms with Gasteiger partial charge in [0.2, 0.25) is 0 Å². The van der Waals surface area contributed by atoms with Gasteiger partial charge < -0.3 is 10.6 Å². The zero-order chi connectivity index (χ0) is 13.3. The molecule has 0 bridgehead atoms. The van der Waals surface area contributed by atoms with Crippen molar-refractivity contribution in [1.29, 1.82) is 0 Å². The number of nitrogens with zero attached hydrogens (tertiary/aromatic N) is 2. The standard InChI is InChI=1S/C12H16F3N3/c1-18(10(7-16)8-4-5-8)11-9(12(13,14)15)3-2-6-17-11/h2-3,6,8,10H,4-5,7,16H2,1H3. The number of aromatic nitrogens is 1. The van der Waals surface area contributed by atoms with E-state index in [2.05, 4.69) is 4.98 Å². The van der Waals surface area contributed by atoms with Crippen LogP contribution in [0.5, 0.6) is 0 Å². The van der Waals surface area contributed by atoms with Crippen LogP contribution in [0.25, 0.3) is 0 Å². The van der Waals surface area contributed by atoms with Crippen molar-refractivity contribution in [3.05, 3.63) is 23.9 Å². The Labute approximate surface area is 104 Å². The van der Waals surface area contributed by atoms with Crippen LogP contribution in [0.3, 0.4) is 0 Å². The maximum absolute atomic E-state index is 12.9. The van der Waals surface area contributed by atoms with Gasteiger partial charge in [-0.15, -0.1) is 0 Å². The van der Waals surface area contributed by atoms with Crippen molar-refractivity contribution >= 4 is 5.82 Å². The molecule has 0 aromatic carbocycles. The normalized spacial score (nSPS) is 17.6. The van der Waals surface area contributed by atoms with Gasteiger partial charge in [0, 0.05) is 25.8 Å². The molecule has 1 heterocycles. The quantitative estimate of drug-likeness (QED) is 0.902. The molecule has 1 unspecified atom stereocenters. The lowest BCUT2D eigenvalue weighted by Gasteiger charge is -2.30. The first-order chi connectivity index (χ1) is 8.45. The van der Waals surface area contributed by atoms with E-state index in [-0.39, 0.29) is 11.9 Å². The number of likely N-dealkylation sites (N-methyl/N-ethyl adjacent to an activating group) is 1. The topological polar surface area (TPSA) is 42.2 Å². The Morgan fingerprint density at radius 2 is 2.17 bits per heavy atom. The zero-order valence-electron chi connectivity index (χ0n) is 10.1. The Balaban J connectivity index is 2.31. The first kappa shape index (κ1) is 13.1. The lowest BCUT2D eigenvalue weighted by molar-refractivity contribution is -0.137. The average molecular weight is 259 g/mol. The highest BCUT2D eigenvalue weighted by Gasteiger charge is 2.39. The number of anilines is 1. The number of rotatable bonds is 4. The number of alkyl halides is 3. The highest BCUT2D eigenvalue weighted by atomic mass is 19.4. The maximum atomic E-state index is 12.9. The minimum atomic E-state index is -4.39. The molecule has 2 rings (SSSR count). The molecule has 1 atom stereocenters. The van der Waals surface area contributed by atoms with Gasteiger partial charge in [-0.2, -0.15) is 13.2 Å². The summed E-state index contributed by atoms with van der Waals surface area (Å²) >= 11 is 0. The van der Waals surface area contributed by atoms with E-state index in [9.17, 15) is 13.2 Å². The van der Waals surface area contributed by atoms with E-state index in [0.717, 1.165) is 18.9 Å². The van der Waals surface area contributed by atoms with Crippen molar-refractivity contribution < 1.29 is 13.2 Å². The van der Waals surface area contributed by atoms with Crippen molar-refractivity contribution in [2.75, 3.05) is 18.5 Å². The number of nitrogens with two attached hydrogens (primary N) is 1.